The first-order valence-corrected chi connectivity index (χ1v) is 11.1. The van der Waals surface area contributed by atoms with Gasteiger partial charge in [-0.1, -0.05) is 40.9 Å². The monoisotopic (exact) mass is 511 g/mol. The molecule has 2 amide bonds. The van der Waals surface area contributed by atoms with E-state index in [1.807, 2.05) is 38.1 Å². The molecule has 0 heterocycles. The summed E-state index contributed by atoms with van der Waals surface area (Å²) in [4.78, 5) is 24.7. The van der Waals surface area contributed by atoms with Gasteiger partial charge in [0.05, 0.1) is 10.0 Å². The molecule has 178 valence electrons. The van der Waals surface area contributed by atoms with E-state index in [0.717, 1.165) is 11.1 Å². The second kappa shape index (κ2) is 11.5. The van der Waals surface area contributed by atoms with Crippen LogP contribution in [-0.2, 0) is 9.59 Å². The second-order valence-corrected chi connectivity index (χ2v) is 8.41. The predicted molar refractivity (Wildman–Crippen MR) is 135 cm³/mol. The van der Waals surface area contributed by atoms with Gasteiger partial charge >= 0.3 is 0 Å². The van der Waals surface area contributed by atoms with Gasteiger partial charge in [-0.15, -0.1) is 0 Å². The van der Waals surface area contributed by atoms with Crippen LogP contribution in [0.5, 0.6) is 5.75 Å². The average molecular weight is 512 g/mol. The topological polar surface area (TPSA) is 91.2 Å². The number of anilines is 2. The first-order chi connectivity index (χ1) is 16.7. The van der Waals surface area contributed by atoms with Crippen LogP contribution in [0.25, 0.3) is 6.08 Å². The molecule has 3 aromatic rings. The fourth-order valence-electron chi connectivity index (χ4n) is 3.13. The van der Waals surface area contributed by atoms with Crippen molar-refractivity contribution in [3.05, 3.63) is 92.7 Å². The quantitative estimate of drug-likeness (QED) is 0.287. The lowest BCUT2D eigenvalue weighted by Gasteiger charge is -2.12. The Morgan fingerprint density at radius 2 is 1.69 bits per heavy atom. The summed E-state index contributed by atoms with van der Waals surface area (Å²) >= 11 is 12.6. The first-order valence-electron chi connectivity index (χ1n) is 10.3. The molecule has 0 aliphatic carbocycles. The van der Waals surface area contributed by atoms with E-state index in [-0.39, 0.29) is 28.0 Å². The zero-order valence-corrected chi connectivity index (χ0v) is 20.3. The number of hydrogen-bond acceptors (Lipinski definition) is 4. The van der Waals surface area contributed by atoms with Crippen molar-refractivity contribution in [1.82, 2.24) is 0 Å². The highest BCUT2D eigenvalue weighted by Gasteiger charge is 2.15. The predicted octanol–water partition coefficient (Wildman–Crippen LogP) is 6.31. The fourth-order valence-corrected chi connectivity index (χ4v) is 3.74. The highest BCUT2D eigenvalue weighted by Crippen LogP contribution is 2.35. The van der Waals surface area contributed by atoms with Gasteiger partial charge in [0.15, 0.2) is 12.4 Å². The molecule has 3 rings (SSSR count). The Morgan fingerprint density at radius 1 is 1.03 bits per heavy atom. The number of carbonyl (C=O) groups excluding carboxylic acids is 2. The minimum atomic E-state index is -0.685. The van der Waals surface area contributed by atoms with Crippen LogP contribution in [0.3, 0.4) is 0 Å². The van der Waals surface area contributed by atoms with Crippen LogP contribution in [0.1, 0.15) is 16.7 Å². The van der Waals surface area contributed by atoms with E-state index in [9.17, 15) is 19.2 Å². The maximum absolute atomic E-state index is 13.0. The van der Waals surface area contributed by atoms with E-state index < -0.39 is 17.6 Å². The van der Waals surface area contributed by atoms with E-state index in [2.05, 4.69) is 10.6 Å². The largest absolute Gasteiger partial charge is 0.481 e. The van der Waals surface area contributed by atoms with Gasteiger partial charge in [-0.3, -0.25) is 9.59 Å². The van der Waals surface area contributed by atoms with Crippen LogP contribution in [0.2, 0.25) is 10.0 Å². The molecule has 9 heteroatoms. The smallest absolute Gasteiger partial charge is 0.266 e. The molecule has 2 N–H and O–H groups in total. The van der Waals surface area contributed by atoms with E-state index in [1.54, 1.807) is 0 Å². The molecule has 0 radical (unpaired) electrons. The van der Waals surface area contributed by atoms with E-state index in [0.29, 0.717) is 16.9 Å². The first kappa shape index (κ1) is 25.8. The Kier molecular flexibility index (Phi) is 8.48. The zero-order valence-electron chi connectivity index (χ0n) is 18.8. The minimum Gasteiger partial charge on any atom is -0.481 e. The van der Waals surface area contributed by atoms with Crippen molar-refractivity contribution in [3.8, 4) is 11.8 Å². The van der Waals surface area contributed by atoms with Gasteiger partial charge in [0, 0.05) is 11.4 Å². The molecule has 0 saturated heterocycles. The summed E-state index contributed by atoms with van der Waals surface area (Å²) in [5.41, 5.74) is 3.15. The molecule has 0 aliphatic rings. The van der Waals surface area contributed by atoms with Crippen LogP contribution in [-0.4, -0.2) is 18.4 Å². The average Bonchev–Trinajstić information content (AvgIpc) is 2.80. The number of ether oxygens (including phenoxy) is 1. The maximum Gasteiger partial charge on any atom is 0.266 e. The van der Waals surface area contributed by atoms with Crippen molar-refractivity contribution in [1.29, 1.82) is 5.26 Å². The van der Waals surface area contributed by atoms with Gasteiger partial charge in [-0.2, -0.15) is 5.26 Å². The van der Waals surface area contributed by atoms with Crippen molar-refractivity contribution in [2.24, 2.45) is 0 Å². The molecular weight excluding hydrogens is 492 g/mol. The molecule has 0 atom stereocenters. The third kappa shape index (κ3) is 7.06. The number of nitriles is 1. The normalized spacial score (nSPS) is 10.9. The summed E-state index contributed by atoms with van der Waals surface area (Å²) < 4.78 is 18.6. The van der Waals surface area contributed by atoms with Crippen LogP contribution in [0.15, 0.2) is 60.2 Å². The van der Waals surface area contributed by atoms with Gasteiger partial charge in [0.1, 0.15) is 17.5 Å². The number of nitrogens with one attached hydrogen (secondary N) is 2. The Bertz CT molecular complexity index is 1330. The Morgan fingerprint density at radius 3 is 2.29 bits per heavy atom. The molecule has 0 unspecified atom stereocenters. The summed E-state index contributed by atoms with van der Waals surface area (Å²) in [6.07, 6.45) is 1.30. The molecule has 0 spiro atoms. The summed E-state index contributed by atoms with van der Waals surface area (Å²) in [5, 5.41) is 14.9. The number of carbonyl (C=O) groups is 2. The Labute approximate surface area is 211 Å². The number of benzene rings is 3. The third-order valence-electron chi connectivity index (χ3n) is 4.80. The lowest BCUT2D eigenvalue weighted by atomic mass is 10.1. The van der Waals surface area contributed by atoms with Gasteiger partial charge in [-0.05, 0) is 73.5 Å². The highest BCUT2D eigenvalue weighted by molar-refractivity contribution is 6.37. The lowest BCUT2D eigenvalue weighted by molar-refractivity contribution is -0.118. The number of rotatable bonds is 7. The number of nitrogens with zero attached hydrogens (tertiary/aromatic N) is 1. The number of hydrogen-bond donors (Lipinski definition) is 2. The summed E-state index contributed by atoms with van der Waals surface area (Å²) in [7, 11) is 0. The van der Waals surface area contributed by atoms with E-state index >= 15 is 0 Å². The number of amides is 2. The van der Waals surface area contributed by atoms with Gasteiger partial charge in [-0.25, -0.2) is 4.39 Å². The third-order valence-corrected chi connectivity index (χ3v) is 5.36. The highest BCUT2D eigenvalue weighted by atomic mass is 35.5. The maximum atomic E-state index is 13.0. The molecule has 0 saturated carbocycles. The van der Waals surface area contributed by atoms with Crippen LogP contribution >= 0.6 is 23.2 Å². The fraction of sp³-hybridized carbons (Fsp3) is 0.115. The summed E-state index contributed by atoms with van der Waals surface area (Å²) in [6.45, 7) is 3.52. The van der Waals surface area contributed by atoms with Crippen LogP contribution < -0.4 is 15.4 Å². The second-order valence-electron chi connectivity index (χ2n) is 7.60. The zero-order chi connectivity index (χ0) is 25.5. The molecule has 0 fully saturated rings. The Balaban J connectivity index is 1.69. The SMILES string of the molecule is Cc1ccc(NC(=O)COc2c(Cl)cc(/C=C(\C#N)C(=O)Nc3ccc(F)cc3)cc2Cl)c(C)c1. The molecule has 3 aromatic carbocycles. The number of aryl methyl sites for hydroxylation is 2. The van der Waals surface area contributed by atoms with Crippen LogP contribution in [0, 0.1) is 31.0 Å². The molecule has 6 nitrogen and oxygen atoms in total. The van der Waals surface area contributed by atoms with E-state index in [1.165, 1.54) is 42.5 Å². The van der Waals surface area contributed by atoms with Crippen molar-refractivity contribution >= 4 is 52.5 Å². The Hall–Kier alpha value is -3.86. The molecular formula is C26H20Cl2FN3O3. The molecule has 0 aliphatic heterocycles. The van der Waals surface area contributed by atoms with Crippen LogP contribution in [0.4, 0.5) is 15.8 Å². The van der Waals surface area contributed by atoms with Crippen molar-refractivity contribution in [2.75, 3.05) is 17.2 Å². The van der Waals surface area contributed by atoms with Crippen molar-refractivity contribution in [2.45, 2.75) is 13.8 Å². The number of halogens is 3. The summed E-state index contributed by atoms with van der Waals surface area (Å²) in [5.74, 6) is -1.43. The minimum absolute atomic E-state index is 0.0931. The van der Waals surface area contributed by atoms with Gasteiger partial charge in [0.2, 0.25) is 0 Å². The van der Waals surface area contributed by atoms with Crippen molar-refractivity contribution < 1.29 is 18.7 Å². The lowest BCUT2D eigenvalue weighted by Crippen LogP contribution is -2.20. The summed E-state index contributed by atoms with van der Waals surface area (Å²) in [6, 6.07) is 15.5. The molecule has 0 aromatic heterocycles. The van der Waals surface area contributed by atoms with Gasteiger partial charge in [0.25, 0.3) is 11.8 Å². The molecule has 0 bridgehead atoms. The van der Waals surface area contributed by atoms with E-state index in [4.69, 9.17) is 27.9 Å². The van der Waals surface area contributed by atoms with Crippen molar-refractivity contribution in [3.63, 3.8) is 0 Å². The van der Waals surface area contributed by atoms with Gasteiger partial charge < -0.3 is 15.4 Å². The molecule has 35 heavy (non-hydrogen) atoms. The standard InChI is InChI=1S/C26H20Cl2FN3O3/c1-15-3-8-23(16(2)9-15)32-24(33)14-35-25-21(27)11-17(12-22(25)28)10-18(13-30)26(34)31-20-6-4-19(29)5-7-20/h3-12H,14H2,1-2H3,(H,31,34)(H,32,33)/b18-10+.